The minimum Gasteiger partial charge on any atom is -0.458 e. The molecular weight excluding hydrogens is 176 g/mol. The molecule has 1 aliphatic heterocycles. The van der Waals surface area contributed by atoms with E-state index in [1.54, 1.807) is 0 Å². The van der Waals surface area contributed by atoms with E-state index in [0.717, 1.165) is 25.7 Å². The molecule has 0 aromatic rings. The topological polar surface area (TPSA) is 26.3 Å². The zero-order valence-electron chi connectivity index (χ0n) is 9.01. The van der Waals surface area contributed by atoms with E-state index in [1.165, 1.54) is 5.57 Å². The van der Waals surface area contributed by atoms with Crippen LogP contribution in [0.1, 0.15) is 46.0 Å². The van der Waals surface area contributed by atoms with E-state index in [-0.39, 0.29) is 11.6 Å². The van der Waals surface area contributed by atoms with E-state index in [1.807, 2.05) is 0 Å². The molecule has 2 nitrogen and oxygen atoms in total. The number of carbonyl (C=O) groups excluding carboxylic acids is 1. The molecule has 1 heterocycles. The molecular formula is C12H18O2. The lowest BCUT2D eigenvalue weighted by atomic mass is 9.74. The minimum absolute atomic E-state index is 0.00365. The van der Waals surface area contributed by atoms with Gasteiger partial charge in [-0.25, -0.2) is 0 Å². The highest BCUT2D eigenvalue weighted by molar-refractivity contribution is 5.71. The second-order valence-electron chi connectivity index (χ2n) is 4.73. The summed E-state index contributed by atoms with van der Waals surface area (Å²) in [6, 6.07) is 0. The lowest BCUT2D eigenvalue weighted by Crippen LogP contribution is -2.46. The average Bonchev–Trinajstić information content (AvgIpc) is 2.17. The highest BCUT2D eigenvalue weighted by atomic mass is 16.6. The molecule has 1 fully saturated rings. The lowest BCUT2D eigenvalue weighted by Gasteiger charge is -2.43. The maximum absolute atomic E-state index is 11.3. The van der Waals surface area contributed by atoms with Crippen LogP contribution in [0.2, 0.25) is 0 Å². The fourth-order valence-corrected chi connectivity index (χ4v) is 2.48. The van der Waals surface area contributed by atoms with Crippen molar-refractivity contribution in [2.45, 2.75) is 51.6 Å². The molecule has 0 saturated carbocycles. The first-order valence-electron chi connectivity index (χ1n) is 5.50. The Labute approximate surface area is 85.3 Å². The molecule has 2 aliphatic rings. The molecule has 1 aliphatic carbocycles. The first-order valence-corrected chi connectivity index (χ1v) is 5.50. The van der Waals surface area contributed by atoms with Gasteiger partial charge in [0.1, 0.15) is 5.60 Å². The van der Waals surface area contributed by atoms with Gasteiger partial charge in [0.25, 0.3) is 0 Å². The van der Waals surface area contributed by atoms with E-state index in [0.29, 0.717) is 12.3 Å². The standard InChI is InChI=1S/C12H18O2/c1-9-5-7-12(8-6-9)10(2)3-4-11(13)14-12/h5,10H,3-4,6-8H2,1-2H3. The third kappa shape index (κ3) is 1.58. The third-order valence-corrected chi connectivity index (χ3v) is 3.74. The van der Waals surface area contributed by atoms with Gasteiger partial charge in [-0.1, -0.05) is 18.6 Å². The van der Waals surface area contributed by atoms with Crippen LogP contribution in [0.3, 0.4) is 0 Å². The van der Waals surface area contributed by atoms with Gasteiger partial charge >= 0.3 is 5.97 Å². The van der Waals surface area contributed by atoms with Crippen molar-refractivity contribution in [2.24, 2.45) is 5.92 Å². The van der Waals surface area contributed by atoms with Gasteiger partial charge in [-0.3, -0.25) is 4.79 Å². The number of hydrogen-bond acceptors (Lipinski definition) is 2. The molecule has 0 radical (unpaired) electrons. The zero-order chi connectivity index (χ0) is 10.2. The monoisotopic (exact) mass is 194 g/mol. The van der Waals surface area contributed by atoms with Crippen LogP contribution in [0, 0.1) is 5.92 Å². The second kappa shape index (κ2) is 3.41. The average molecular weight is 194 g/mol. The van der Waals surface area contributed by atoms with Gasteiger partial charge in [-0.05, 0) is 32.1 Å². The molecule has 0 aromatic carbocycles. The maximum atomic E-state index is 11.3. The van der Waals surface area contributed by atoms with Gasteiger partial charge in [-0.15, -0.1) is 0 Å². The Morgan fingerprint density at radius 1 is 1.50 bits per heavy atom. The first kappa shape index (κ1) is 9.75. The van der Waals surface area contributed by atoms with E-state index in [9.17, 15) is 4.79 Å². The summed E-state index contributed by atoms with van der Waals surface area (Å²) in [5.41, 5.74) is 1.28. The van der Waals surface area contributed by atoms with Crippen molar-refractivity contribution in [3.63, 3.8) is 0 Å². The summed E-state index contributed by atoms with van der Waals surface area (Å²) in [7, 11) is 0. The maximum Gasteiger partial charge on any atom is 0.306 e. The summed E-state index contributed by atoms with van der Waals surface area (Å²) in [6.07, 6.45) is 6.85. The Hall–Kier alpha value is -0.790. The fourth-order valence-electron chi connectivity index (χ4n) is 2.48. The molecule has 1 spiro atoms. The zero-order valence-corrected chi connectivity index (χ0v) is 9.01. The molecule has 1 saturated heterocycles. The van der Waals surface area contributed by atoms with Crippen LogP contribution >= 0.6 is 0 Å². The quantitative estimate of drug-likeness (QED) is 0.438. The Kier molecular flexibility index (Phi) is 2.38. The summed E-state index contributed by atoms with van der Waals surface area (Å²) >= 11 is 0. The van der Waals surface area contributed by atoms with Crippen LogP contribution in [0.5, 0.6) is 0 Å². The van der Waals surface area contributed by atoms with E-state index < -0.39 is 0 Å². The largest absolute Gasteiger partial charge is 0.458 e. The molecule has 14 heavy (non-hydrogen) atoms. The van der Waals surface area contributed by atoms with Crippen molar-refractivity contribution in [3.05, 3.63) is 11.6 Å². The van der Waals surface area contributed by atoms with Crippen molar-refractivity contribution in [1.82, 2.24) is 0 Å². The molecule has 0 amide bonds. The molecule has 0 N–H and O–H groups in total. The predicted molar refractivity (Wildman–Crippen MR) is 54.8 cm³/mol. The molecule has 2 heteroatoms. The summed E-state index contributed by atoms with van der Waals surface area (Å²) in [5, 5.41) is 0. The lowest BCUT2D eigenvalue weighted by molar-refractivity contribution is -0.176. The van der Waals surface area contributed by atoms with Crippen LogP contribution in [0.15, 0.2) is 11.6 Å². The Morgan fingerprint density at radius 2 is 2.29 bits per heavy atom. The van der Waals surface area contributed by atoms with E-state index in [4.69, 9.17) is 4.74 Å². The van der Waals surface area contributed by atoms with Gasteiger partial charge in [0, 0.05) is 12.8 Å². The van der Waals surface area contributed by atoms with Crippen molar-refractivity contribution in [1.29, 1.82) is 0 Å². The minimum atomic E-state index is -0.158. The fraction of sp³-hybridized carbons (Fsp3) is 0.750. The third-order valence-electron chi connectivity index (χ3n) is 3.74. The smallest absolute Gasteiger partial charge is 0.306 e. The molecule has 0 aromatic heterocycles. The molecule has 2 unspecified atom stereocenters. The van der Waals surface area contributed by atoms with Crippen molar-refractivity contribution in [2.75, 3.05) is 0 Å². The molecule has 0 bridgehead atoms. The van der Waals surface area contributed by atoms with Gasteiger partial charge < -0.3 is 4.74 Å². The summed E-state index contributed by atoms with van der Waals surface area (Å²) in [6.45, 7) is 4.36. The van der Waals surface area contributed by atoms with E-state index in [2.05, 4.69) is 19.9 Å². The van der Waals surface area contributed by atoms with Crippen LogP contribution in [-0.4, -0.2) is 11.6 Å². The van der Waals surface area contributed by atoms with Gasteiger partial charge in [0.15, 0.2) is 0 Å². The second-order valence-corrected chi connectivity index (χ2v) is 4.73. The van der Waals surface area contributed by atoms with E-state index >= 15 is 0 Å². The normalized spacial score (nSPS) is 38.0. The Morgan fingerprint density at radius 3 is 2.93 bits per heavy atom. The number of allylic oxidation sites excluding steroid dienone is 1. The van der Waals surface area contributed by atoms with Crippen molar-refractivity contribution >= 4 is 5.97 Å². The number of rotatable bonds is 0. The van der Waals surface area contributed by atoms with Crippen LogP contribution in [-0.2, 0) is 9.53 Å². The number of hydrogen-bond donors (Lipinski definition) is 0. The molecule has 78 valence electrons. The SMILES string of the molecule is CC1=CCC2(CC1)OC(=O)CCC2C. The summed E-state index contributed by atoms with van der Waals surface area (Å²) in [4.78, 5) is 11.3. The number of esters is 1. The Bertz CT molecular complexity index is 280. The Balaban J connectivity index is 2.17. The first-order chi connectivity index (χ1) is 6.62. The van der Waals surface area contributed by atoms with Gasteiger partial charge in [0.2, 0.25) is 0 Å². The summed E-state index contributed by atoms with van der Waals surface area (Å²) in [5.74, 6) is 0.514. The number of ether oxygens (including phenoxy) is 1. The molecule has 2 atom stereocenters. The highest BCUT2D eigenvalue weighted by Crippen LogP contribution is 2.41. The van der Waals surface area contributed by atoms with Crippen LogP contribution in [0.25, 0.3) is 0 Å². The highest BCUT2D eigenvalue weighted by Gasteiger charge is 2.43. The predicted octanol–water partition coefficient (Wildman–Crippen LogP) is 2.83. The van der Waals surface area contributed by atoms with Crippen molar-refractivity contribution < 1.29 is 9.53 Å². The number of carbonyl (C=O) groups is 1. The molecule has 2 rings (SSSR count). The van der Waals surface area contributed by atoms with Crippen molar-refractivity contribution in [3.8, 4) is 0 Å². The van der Waals surface area contributed by atoms with Gasteiger partial charge in [0.05, 0.1) is 0 Å². The van der Waals surface area contributed by atoms with Gasteiger partial charge in [-0.2, -0.15) is 0 Å². The van der Waals surface area contributed by atoms with Crippen LogP contribution in [0.4, 0.5) is 0 Å². The summed E-state index contributed by atoms with van der Waals surface area (Å²) < 4.78 is 5.59. The van der Waals surface area contributed by atoms with Crippen LogP contribution < -0.4 is 0 Å².